The van der Waals surface area contributed by atoms with Gasteiger partial charge in [-0.1, -0.05) is 30.9 Å². The summed E-state index contributed by atoms with van der Waals surface area (Å²) in [4.78, 5) is 36.5. The fourth-order valence-electron chi connectivity index (χ4n) is 4.13. The van der Waals surface area contributed by atoms with Gasteiger partial charge in [-0.3, -0.25) is 19.3 Å². The van der Waals surface area contributed by atoms with Crippen molar-refractivity contribution in [2.75, 3.05) is 60.0 Å². The second-order valence-electron chi connectivity index (χ2n) is 9.38. The Morgan fingerprint density at radius 1 is 1.23 bits per heavy atom. The van der Waals surface area contributed by atoms with Crippen molar-refractivity contribution in [1.29, 1.82) is 0 Å². The minimum absolute atomic E-state index is 0.124. The van der Waals surface area contributed by atoms with E-state index in [1.807, 2.05) is 49.0 Å². The summed E-state index contributed by atoms with van der Waals surface area (Å²) in [5, 5.41) is 12.4. The molecule has 0 unspecified atom stereocenters. The third kappa shape index (κ3) is 12.7. The van der Waals surface area contributed by atoms with Gasteiger partial charge in [0.1, 0.15) is 11.4 Å². The van der Waals surface area contributed by atoms with Crippen LogP contribution in [0, 0.1) is 19.8 Å². The molecule has 1 aliphatic rings. The summed E-state index contributed by atoms with van der Waals surface area (Å²) in [7, 11) is 6.32. The number of allylic oxidation sites excluding steroid dienone is 3. The Hall–Kier alpha value is -5.07. The molecule has 1 fully saturated rings. The zero-order valence-electron chi connectivity index (χ0n) is 27.7. The maximum atomic E-state index is 12.2. The Bertz CT molecular complexity index is 1440. The number of hydrogen-bond donors (Lipinski definition) is 3. The number of nitrogens with one attached hydrogen (secondary N) is 3. The smallest absolute Gasteiger partial charge is 0.280 e. The molecular formula is C33H44FN7O6. The zero-order chi connectivity index (χ0) is 35.2. The van der Waals surface area contributed by atoms with Crippen LogP contribution in [0.25, 0.3) is 16.9 Å². The molecule has 0 aliphatic carbocycles. The van der Waals surface area contributed by atoms with Crippen molar-refractivity contribution in [2.24, 2.45) is 0 Å². The van der Waals surface area contributed by atoms with Gasteiger partial charge in [0.2, 0.25) is 12.3 Å². The minimum atomic E-state index is -0.447. The number of terminal acetylenes is 1. The van der Waals surface area contributed by atoms with Crippen LogP contribution in [0.1, 0.15) is 22.8 Å². The third-order valence-corrected chi connectivity index (χ3v) is 6.20. The molecule has 4 rings (SSSR count). The van der Waals surface area contributed by atoms with Crippen LogP contribution in [-0.4, -0.2) is 92.9 Å². The number of amides is 2. The molecule has 2 amide bonds. The van der Waals surface area contributed by atoms with Gasteiger partial charge in [-0.05, 0) is 38.1 Å². The molecule has 3 N–H and O–H groups in total. The van der Waals surface area contributed by atoms with Gasteiger partial charge in [0.25, 0.3) is 5.91 Å². The second kappa shape index (κ2) is 22.4. The van der Waals surface area contributed by atoms with Crippen molar-refractivity contribution < 1.29 is 33.1 Å². The lowest BCUT2D eigenvalue weighted by Gasteiger charge is -2.12. The number of nitrogens with zero attached hydrogens (tertiary/aromatic N) is 4. The minimum Gasteiger partial charge on any atom is -0.480 e. The fraction of sp³-hybridized carbons (Fsp3) is 0.333. The number of methoxy groups -OCH3 is 2. The number of hydrogen-bond acceptors (Lipinski definition) is 10. The second-order valence-corrected chi connectivity index (χ2v) is 9.38. The van der Waals surface area contributed by atoms with E-state index in [1.165, 1.54) is 33.3 Å². The van der Waals surface area contributed by atoms with Gasteiger partial charge in [-0.2, -0.15) is 10.2 Å². The monoisotopic (exact) mass is 653 g/mol. The lowest BCUT2D eigenvalue weighted by Crippen LogP contribution is -2.33. The van der Waals surface area contributed by atoms with Gasteiger partial charge in [0.15, 0.2) is 0 Å². The molecule has 3 aromatic rings. The summed E-state index contributed by atoms with van der Waals surface area (Å²) in [5.41, 5.74) is 5.82. The van der Waals surface area contributed by atoms with Gasteiger partial charge >= 0.3 is 0 Å². The average Bonchev–Trinajstić information content (AvgIpc) is 3.68. The van der Waals surface area contributed by atoms with Crippen LogP contribution in [0.4, 0.5) is 10.2 Å². The van der Waals surface area contributed by atoms with E-state index in [9.17, 15) is 14.0 Å². The van der Waals surface area contributed by atoms with Gasteiger partial charge in [-0.15, -0.1) is 12.8 Å². The van der Waals surface area contributed by atoms with Crippen LogP contribution in [0.5, 0.6) is 5.88 Å². The number of ether oxygens (including phenoxy) is 2. The van der Waals surface area contributed by atoms with Crippen LogP contribution in [-0.2, 0) is 19.2 Å². The van der Waals surface area contributed by atoms with Crippen molar-refractivity contribution in [1.82, 2.24) is 30.6 Å². The first-order valence-electron chi connectivity index (χ1n) is 14.3. The number of anilines is 1. The van der Waals surface area contributed by atoms with E-state index in [4.69, 9.17) is 24.2 Å². The highest BCUT2D eigenvalue weighted by Crippen LogP contribution is 2.31. The molecule has 254 valence electrons. The molecule has 1 saturated heterocycles. The molecule has 2 aromatic heterocycles. The Morgan fingerprint density at radius 3 is 2.47 bits per heavy atom. The molecule has 0 spiro atoms. The molecule has 47 heavy (non-hydrogen) atoms. The van der Waals surface area contributed by atoms with Crippen molar-refractivity contribution in [2.45, 2.75) is 19.9 Å². The number of para-hydroxylation sites is 1. The standard InChI is InChI=1S/C19H21N5O3.C7H14N2O3.C5H7F.C2H2/c1-12-16(22-24(17(12)20-2)14-8-6-5-7-9-14)13-10-15(18(25)23-27-4)19(26-3)21-11-13;1-11-3-2-9-4-7(5-12-9)8-6-10;1-3-4-5(2)6;1-2/h5-11,20H,1-4H3,(H,23,25);6-7H,2-5H2,1H3,(H,8,10);3-4H,1H2,2H3;1-2H/b;;5-4+;/t;7-;;/m.1../s1. The number of rotatable bonds is 12. The molecule has 1 atom stereocenters. The first kappa shape index (κ1) is 40.0. The Kier molecular flexibility index (Phi) is 19.1. The summed E-state index contributed by atoms with van der Waals surface area (Å²) in [6.45, 7) is 9.31. The molecule has 14 heteroatoms. The van der Waals surface area contributed by atoms with E-state index < -0.39 is 5.91 Å². The first-order chi connectivity index (χ1) is 22.7. The molecule has 0 bridgehead atoms. The predicted molar refractivity (Wildman–Crippen MR) is 179 cm³/mol. The largest absolute Gasteiger partial charge is 0.480 e. The van der Waals surface area contributed by atoms with Crippen LogP contribution >= 0.6 is 0 Å². The van der Waals surface area contributed by atoms with E-state index in [0.29, 0.717) is 30.9 Å². The zero-order valence-corrected chi connectivity index (χ0v) is 27.7. The van der Waals surface area contributed by atoms with Gasteiger partial charge in [-0.25, -0.2) is 19.5 Å². The fourth-order valence-corrected chi connectivity index (χ4v) is 4.13. The summed E-state index contributed by atoms with van der Waals surface area (Å²) in [5.74, 6) is 0.417. The molecule has 0 saturated carbocycles. The third-order valence-electron chi connectivity index (χ3n) is 6.20. The maximum absolute atomic E-state index is 12.2. The van der Waals surface area contributed by atoms with Crippen molar-refractivity contribution >= 4 is 18.1 Å². The number of hydroxylamine groups is 3. The van der Waals surface area contributed by atoms with E-state index in [-0.39, 0.29) is 23.3 Å². The Morgan fingerprint density at radius 2 is 1.94 bits per heavy atom. The molecule has 1 aromatic carbocycles. The number of pyridine rings is 1. The number of benzene rings is 1. The quantitative estimate of drug-likeness (QED) is 0.114. The van der Waals surface area contributed by atoms with E-state index in [0.717, 1.165) is 30.2 Å². The molecule has 13 nitrogen and oxygen atoms in total. The summed E-state index contributed by atoms with van der Waals surface area (Å²) < 4.78 is 23.4. The van der Waals surface area contributed by atoms with Gasteiger partial charge < -0.3 is 20.1 Å². The van der Waals surface area contributed by atoms with Crippen LogP contribution in [0.3, 0.4) is 0 Å². The lowest BCUT2D eigenvalue weighted by atomic mass is 10.1. The predicted octanol–water partition coefficient (Wildman–Crippen LogP) is 3.87. The molecular weight excluding hydrogens is 609 g/mol. The highest BCUT2D eigenvalue weighted by molar-refractivity contribution is 5.97. The SMILES string of the molecule is C#C.C=C/C=C(\C)F.CNc1c(C)c(-c2cnc(OC)c(C(=O)NOC)c2)nn1-c1ccccc1.COCCN1C[C@@H](NC=O)CO1. The van der Waals surface area contributed by atoms with Crippen LogP contribution in [0.15, 0.2) is 67.2 Å². The number of carbonyl (C=O) groups excluding carboxylic acids is 2. The Labute approximate surface area is 275 Å². The number of halogens is 1. The van der Waals surface area contributed by atoms with E-state index in [2.05, 4.69) is 40.5 Å². The topological polar surface area (TPSA) is 141 Å². The normalized spacial score (nSPS) is 13.7. The van der Waals surface area contributed by atoms with E-state index >= 15 is 0 Å². The van der Waals surface area contributed by atoms with Gasteiger partial charge in [0, 0.05) is 44.6 Å². The molecule has 1 aliphatic heterocycles. The van der Waals surface area contributed by atoms with Crippen molar-refractivity contribution in [3.63, 3.8) is 0 Å². The first-order valence-corrected chi connectivity index (χ1v) is 14.3. The highest BCUT2D eigenvalue weighted by Gasteiger charge is 2.22. The summed E-state index contributed by atoms with van der Waals surface area (Å²) in [6.07, 6.45) is 13.1. The number of carbonyl (C=O) groups is 2. The van der Waals surface area contributed by atoms with Crippen molar-refractivity contribution in [3.05, 3.63) is 78.3 Å². The van der Waals surface area contributed by atoms with Crippen LogP contribution < -0.4 is 20.9 Å². The summed E-state index contributed by atoms with van der Waals surface area (Å²) in [6, 6.07) is 11.6. The van der Waals surface area contributed by atoms with Crippen molar-refractivity contribution in [3.8, 4) is 35.7 Å². The molecule has 3 heterocycles. The van der Waals surface area contributed by atoms with E-state index in [1.54, 1.807) is 24.4 Å². The number of aromatic nitrogens is 3. The van der Waals surface area contributed by atoms with Crippen LogP contribution in [0.2, 0.25) is 0 Å². The molecule has 0 radical (unpaired) electrons. The lowest BCUT2D eigenvalue weighted by molar-refractivity contribution is -0.118. The maximum Gasteiger partial charge on any atom is 0.280 e. The summed E-state index contributed by atoms with van der Waals surface area (Å²) >= 11 is 0. The highest BCUT2D eigenvalue weighted by atomic mass is 19.1. The van der Waals surface area contributed by atoms with Gasteiger partial charge in [0.05, 0.1) is 50.7 Å². The Balaban J connectivity index is 0.000000455. The average molecular weight is 654 g/mol.